The van der Waals surface area contributed by atoms with Gasteiger partial charge in [0, 0.05) is 18.5 Å². The molecular formula is C14H22IN3O2. The van der Waals surface area contributed by atoms with Crippen molar-refractivity contribution >= 4 is 29.9 Å². The van der Waals surface area contributed by atoms with Crippen LogP contribution in [0.4, 0.5) is 0 Å². The first-order chi connectivity index (χ1) is 9.31. The Hall–Kier alpha value is -1.18. The van der Waals surface area contributed by atoms with E-state index in [1.54, 1.807) is 0 Å². The highest BCUT2D eigenvalue weighted by Gasteiger charge is 2.13. The van der Waals surface area contributed by atoms with Crippen molar-refractivity contribution in [2.75, 3.05) is 19.8 Å². The lowest BCUT2D eigenvalue weighted by molar-refractivity contribution is 0.296. The SMILES string of the molecule is CCCNC(N)=NCc1cccc2c1OCCCO2.I. The molecule has 1 heterocycles. The summed E-state index contributed by atoms with van der Waals surface area (Å²) in [4.78, 5) is 4.32. The summed E-state index contributed by atoms with van der Waals surface area (Å²) in [5.41, 5.74) is 6.78. The molecule has 0 amide bonds. The Kier molecular flexibility index (Phi) is 7.50. The molecule has 5 nitrogen and oxygen atoms in total. The standard InChI is InChI=1S/C14H21N3O2.HI/c1-2-7-16-14(15)17-10-11-5-3-6-12-13(11)19-9-4-8-18-12;/h3,5-6H,2,4,7-10H2,1H3,(H3,15,16,17);1H. The van der Waals surface area contributed by atoms with Crippen LogP contribution in [0.3, 0.4) is 0 Å². The van der Waals surface area contributed by atoms with E-state index in [4.69, 9.17) is 15.2 Å². The van der Waals surface area contributed by atoms with E-state index in [2.05, 4.69) is 17.2 Å². The van der Waals surface area contributed by atoms with E-state index in [0.717, 1.165) is 36.4 Å². The first kappa shape index (κ1) is 16.9. The number of para-hydroxylation sites is 1. The van der Waals surface area contributed by atoms with Crippen LogP contribution in [-0.4, -0.2) is 25.7 Å². The molecule has 3 N–H and O–H groups in total. The van der Waals surface area contributed by atoms with Gasteiger partial charge in [-0.2, -0.15) is 0 Å². The average molecular weight is 391 g/mol. The molecule has 0 unspecified atom stereocenters. The molecule has 112 valence electrons. The van der Waals surface area contributed by atoms with E-state index < -0.39 is 0 Å². The van der Waals surface area contributed by atoms with Crippen molar-refractivity contribution < 1.29 is 9.47 Å². The van der Waals surface area contributed by atoms with Gasteiger partial charge < -0.3 is 20.5 Å². The lowest BCUT2D eigenvalue weighted by atomic mass is 10.2. The van der Waals surface area contributed by atoms with Crippen molar-refractivity contribution in [1.82, 2.24) is 5.32 Å². The number of benzene rings is 1. The van der Waals surface area contributed by atoms with Crippen molar-refractivity contribution in [3.8, 4) is 11.5 Å². The summed E-state index contributed by atoms with van der Waals surface area (Å²) in [5, 5.41) is 3.05. The number of aliphatic imine (C=N–C) groups is 1. The molecule has 1 aliphatic rings. The second-order valence-electron chi connectivity index (χ2n) is 4.42. The zero-order valence-electron chi connectivity index (χ0n) is 11.7. The van der Waals surface area contributed by atoms with E-state index >= 15 is 0 Å². The number of rotatable bonds is 4. The molecule has 0 radical (unpaired) electrons. The fraction of sp³-hybridized carbons (Fsp3) is 0.500. The fourth-order valence-corrected chi connectivity index (χ4v) is 1.86. The number of nitrogens with two attached hydrogens (primary N) is 1. The van der Waals surface area contributed by atoms with E-state index in [1.807, 2.05) is 18.2 Å². The highest BCUT2D eigenvalue weighted by molar-refractivity contribution is 14.0. The summed E-state index contributed by atoms with van der Waals surface area (Å²) in [5.74, 6) is 2.06. The van der Waals surface area contributed by atoms with E-state index in [0.29, 0.717) is 25.7 Å². The van der Waals surface area contributed by atoms with Crippen LogP contribution in [-0.2, 0) is 6.54 Å². The van der Waals surface area contributed by atoms with Crippen LogP contribution in [0.1, 0.15) is 25.3 Å². The molecule has 2 rings (SSSR count). The van der Waals surface area contributed by atoms with Gasteiger partial charge in [0.25, 0.3) is 0 Å². The lowest BCUT2D eigenvalue weighted by Gasteiger charge is -2.11. The van der Waals surface area contributed by atoms with Gasteiger partial charge in [-0.3, -0.25) is 0 Å². The van der Waals surface area contributed by atoms with Gasteiger partial charge in [0.2, 0.25) is 0 Å². The largest absolute Gasteiger partial charge is 0.490 e. The molecule has 0 saturated carbocycles. The number of nitrogens with one attached hydrogen (secondary N) is 1. The molecule has 1 aliphatic heterocycles. The summed E-state index contributed by atoms with van der Waals surface area (Å²) < 4.78 is 11.4. The average Bonchev–Trinajstić information content (AvgIpc) is 2.68. The predicted octanol–water partition coefficient (Wildman–Crippen LogP) is 2.28. The Balaban J connectivity index is 0.00000200. The van der Waals surface area contributed by atoms with Crippen LogP contribution in [0.25, 0.3) is 0 Å². The van der Waals surface area contributed by atoms with Crippen LogP contribution in [0.15, 0.2) is 23.2 Å². The first-order valence-corrected chi connectivity index (χ1v) is 6.72. The Morgan fingerprint density at radius 3 is 2.95 bits per heavy atom. The molecule has 0 aliphatic carbocycles. The maximum Gasteiger partial charge on any atom is 0.188 e. The normalized spacial score (nSPS) is 14.2. The Morgan fingerprint density at radius 1 is 1.35 bits per heavy atom. The summed E-state index contributed by atoms with van der Waals surface area (Å²) >= 11 is 0. The lowest BCUT2D eigenvalue weighted by Crippen LogP contribution is -2.32. The van der Waals surface area contributed by atoms with E-state index in [9.17, 15) is 0 Å². The Labute approximate surface area is 137 Å². The van der Waals surface area contributed by atoms with Crippen LogP contribution >= 0.6 is 24.0 Å². The van der Waals surface area contributed by atoms with Gasteiger partial charge >= 0.3 is 0 Å². The minimum atomic E-state index is 0. The number of halogens is 1. The summed E-state index contributed by atoms with van der Waals surface area (Å²) in [6, 6.07) is 5.87. The first-order valence-electron chi connectivity index (χ1n) is 6.72. The maximum absolute atomic E-state index is 5.78. The van der Waals surface area contributed by atoms with Crippen molar-refractivity contribution in [1.29, 1.82) is 0 Å². The highest BCUT2D eigenvalue weighted by Crippen LogP contribution is 2.33. The van der Waals surface area contributed by atoms with Gasteiger partial charge in [-0.25, -0.2) is 4.99 Å². The molecule has 20 heavy (non-hydrogen) atoms. The summed E-state index contributed by atoms with van der Waals surface area (Å²) in [6.07, 6.45) is 1.92. The molecule has 1 aromatic rings. The van der Waals surface area contributed by atoms with Crippen LogP contribution in [0.5, 0.6) is 11.5 Å². The predicted molar refractivity (Wildman–Crippen MR) is 91.1 cm³/mol. The number of hydrogen-bond donors (Lipinski definition) is 2. The van der Waals surface area contributed by atoms with Crippen molar-refractivity contribution in [2.45, 2.75) is 26.3 Å². The topological polar surface area (TPSA) is 68.9 Å². The van der Waals surface area contributed by atoms with Crippen LogP contribution < -0.4 is 20.5 Å². The Morgan fingerprint density at radius 2 is 2.15 bits per heavy atom. The Bertz CT molecular complexity index is 452. The third-order valence-corrected chi connectivity index (χ3v) is 2.83. The third kappa shape index (κ3) is 4.73. The smallest absolute Gasteiger partial charge is 0.188 e. The third-order valence-electron chi connectivity index (χ3n) is 2.83. The molecule has 0 spiro atoms. The van der Waals surface area contributed by atoms with Gasteiger partial charge in [0.1, 0.15) is 0 Å². The fourth-order valence-electron chi connectivity index (χ4n) is 1.86. The van der Waals surface area contributed by atoms with Crippen LogP contribution in [0.2, 0.25) is 0 Å². The minimum absolute atomic E-state index is 0. The van der Waals surface area contributed by atoms with Crippen molar-refractivity contribution in [3.05, 3.63) is 23.8 Å². The number of ether oxygens (including phenoxy) is 2. The van der Waals surface area contributed by atoms with E-state index in [-0.39, 0.29) is 24.0 Å². The van der Waals surface area contributed by atoms with Crippen LogP contribution in [0, 0.1) is 0 Å². The van der Waals surface area contributed by atoms with Gasteiger partial charge in [-0.15, -0.1) is 24.0 Å². The van der Waals surface area contributed by atoms with Crippen molar-refractivity contribution in [3.63, 3.8) is 0 Å². The van der Waals surface area contributed by atoms with Gasteiger partial charge in [-0.05, 0) is 12.5 Å². The zero-order chi connectivity index (χ0) is 13.5. The molecule has 1 aromatic carbocycles. The van der Waals surface area contributed by atoms with E-state index in [1.165, 1.54) is 0 Å². The molecule has 0 atom stereocenters. The highest BCUT2D eigenvalue weighted by atomic mass is 127. The van der Waals surface area contributed by atoms with Gasteiger partial charge in [-0.1, -0.05) is 19.1 Å². The second kappa shape index (κ2) is 8.89. The minimum Gasteiger partial charge on any atom is -0.490 e. The summed E-state index contributed by atoms with van der Waals surface area (Å²) in [6.45, 7) is 4.79. The maximum atomic E-state index is 5.78. The molecule has 0 fully saturated rings. The molecule has 0 aromatic heterocycles. The monoisotopic (exact) mass is 391 g/mol. The molecule has 6 heteroatoms. The zero-order valence-corrected chi connectivity index (χ0v) is 14.1. The second-order valence-corrected chi connectivity index (χ2v) is 4.42. The molecular weight excluding hydrogens is 369 g/mol. The van der Waals surface area contributed by atoms with Gasteiger partial charge in [0.05, 0.1) is 19.8 Å². The number of fused-ring (bicyclic) bond motifs is 1. The molecule has 0 saturated heterocycles. The quantitative estimate of drug-likeness (QED) is 0.470. The van der Waals surface area contributed by atoms with Gasteiger partial charge in [0.15, 0.2) is 17.5 Å². The number of nitrogens with zero attached hydrogens (tertiary/aromatic N) is 1. The number of guanidine groups is 1. The number of hydrogen-bond acceptors (Lipinski definition) is 3. The summed E-state index contributed by atoms with van der Waals surface area (Å²) in [7, 11) is 0. The molecule has 0 bridgehead atoms. The van der Waals surface area contributed by atoms with Crippen molar-refractivity contribution in [2.24, 2.45) is 10.7 Å².